The second kappa shape index (κ2) is 10.3. The normalized spacial score (nSPS) is 16.4. The number of pyridine rings is 1. The maximum atomic E-state index is 6.16. The first-order valence-corrected chi connectivity index (χ1v) is 10.5. The van der Waals surface area contributed by atoms with E-state index in [9.17, 15) is 0 Å². The molecule has 2 N–H and O–H groups in total. The number of rotatable bonds is 6. The number of para-hydroxylation sites is 1. The lowest BCUT2D eigenvalue weighted by Crippen LogP contribution is -2.50. The van der Waals surface area contributed by atoms with Crippen LogP contribution in [0.25, 0.3) is 0 Å². The maximum Gasteiger partial charge on any atom is 0.191 e. The molecule has 0 amide bonds. The zero-order chi connectivity index (χ0) is 20.6. The average molecular weight is 416 g/mol. The Hall–Kier alpha value is -2.47. The molecule has 1 aromatic carbocycles. The van der Waals surface area contributed by atoms with Crippen LogP contribution < -0.4 is 20.3 Å². The van der Waals surface area contributed by atoms with Crippen LogP contribution in [-0.2, 0) is 0 Å². The molecule has 1 fully saturated rings. The lowest BCUT2D eigenvalue weighted by molar-refractivity contribution is 0.224. The number of ether oxygens (including phenoxy) is 1. The summed E-state index contributed by atoms with van der Waals surface area (Å²) in [5.41, 5.74) is 1.06. The Morgan fingerprint density at radius 3 is 2.69 bits per heavy atom. The van der Waals surface area contributed by atoms with Gasteiger partial charge in [0.15, 0.2) is 5.96 Å². The summed E-state index contributed by atoms with van der Waals surface area (Å²) in [6, 6.07) is 14.1. The third-order valence-corrected chi connectivity index (χ3v) is 5.29. The number of benzene rings is 1. The molecule has 0 bridgehead atoms. The van der Waals surface area contributed by atoms with Crippen LogP contribution in [0.2, 0.25) is 5.02 Å². The molecule has 0 radical (unpaired) electrons. The van der Waals surface area contributed by atoms with Gasteiger partial charge in [0, 0.05) is 31.9 Å². The van der Waals surface area contributed by atoms with Crippen molar-refractivity contribution >= 4 is 23.4 Å². The second-order valence-electron chi connectivity index (χ2n) is 7.35. The van der Waals surface area contributed by atoms with Crippen molar-refractivity contribution in [1.29, 1.82) is 0 Å². The zero-order valence-electron chi connectivity index (χ0n) is 17.4. The number of aromatic nitrogens is 1. The molecule has 1 unspecified atom stereocenters. The third kappa shape index (κ3) is 6.26. The van der Waals surface area contributed by atoms with Crippen LogP contribution in [0.4, 0.5) is 5.82 Å². The highest BCUT2D eigenvalue weighted by atomic mass is 35.5. The van der Waals surface area contributed by atoms with E-state index in [4.69, 9.17) is 16.3 Å². The minimum absolute atomic E-state index is 0.0392. The molecule has 1 aliphatic rings. The summed E-state index contributed by atoms with van der Waals surface area (Å²) in [6.07, 6.45) is 2.05. The molecule has 0 saturated carbocycles. The number of nitrogens with zero attached hydrogens (tertiary/aromatic N) is 3. The molecular weight excluding hydrogens is 386 g/mol. The number of hydrogen-bond donors (Lipinski definition) is 2. The van der Waals surface area contributed by atoms with Crippen LogP contribution in [-0.4, -0.2) is 49.8 Å². The zero-order valence-corrected chi connectivity index (χ0v) is 18.1. The molecule has 0 aliphatic carbocycles. The SMILES string of the molecule is CN=C(NCC(C)Oc1ccccc1Cl)NC1CCN(c2cccc(C)n2)CC1. The number of nitrogens with one attached hydrogen (secondary N) is 2. The summed E-state index contributed by atoms with van der Waals surface area (Å²) in [4.78, 5) is 11.3. The Kier molecular flexibility index (Phi) is 7.58. The number of aryl methyl sites for hydroxylation is 1. The summed E-state index contributed by atoms with van der Waals surface area (Å²) in [6.45, 7) is 6.64. The Bertz CT molecular complexity index is 820. The first-order valence-electron chi connectivity index (χ1n) is 10.1. The van der Waals surface area contributed by atoms with Crippen LogP contribution in [0, 0.1) is 6.92 Å². The minimum atomic E-state index is -0.0392. The van der Waals surface area contributed by atoms with E-state index < -0.39 is 0 Å². The topological polar surface area (TPSA) is 61.8 Å². The predicted molar refractivity (Wildman–Crippen MR) is 120 cm³/mol. The van der Waals surface area contributed by atoms with Gasteiger partial charge in [-0.1, -0.05) is 29.8 Å². The molecule has 0 spiro atoms. The van der Waals surface area contributed by atoms with E-state index in [0.29, 0.717) is 23.4 Å². The van der Waals surface area contributed by atoms with E-state index in [2.05, 4.69) is 37.6 Å². The maximum absolute atomic E-state index is 6.16. The van der Waals surface area contributed by atoms with E-state index in [0.717, 1.165) is 43.4 Å². The molecule has 1 aliphatic heterocycles. The lowest BCUT2D eigenvalue weighted by Gasteiger charge is -2.34. The van der Waals surface area contributed by atoms with Crippen molar-refractivity contribution in [3.8, 4) is 5.75 Å². The third-order valence-electron chi connectivity index (χ3n) is 4.98. The summed E-state index contributed by atoms with van der Waals surface area (Å²) in [5.74, 6) is 2.56. The average Bonchev–Trinajstić information content (AvgIpc) is 2.73. The molecule has 2 heterocycles. The Balaban J connectivity index is 1.43. The first kappa shape index (κ1) is 21.2. The fourth-order valence-corrected chi connectivity index (χ4v) is 3.57. The van der Waals surface area contributed by atoms with Gasteiger partial charge in [-0.2, -0.15) is 0 Å². The highest BCUT2D eigenvalue weighted by Crippen LogP contribution is 2.24. The van der Waals surface area contributed by atoms with Crippen molar-refractivity contribution in [2.75, 3.05) is 31.6 Å². The van der Waals surface area contributed by atoms with Crippen LogP contribution >= 0.6 is 11.6 Å². The molecular formula is C22H30ClN5O. The van der Waals surface area contributed by atoms with Gasteiger partial charge in [-0.15, -0.1) is 0 Å². The number of guanidine groups is 1. The van der Waals surface area contributed by atoms with Crippen molar-refractivity contribution in [2.24, 2.45) is 4.99 Å². The van der Waals surface area contributed by atoms with E-state index in [1.807, 2.05) is 44.2 Å². The van der Waals surface area contributed by atoms with Gasteiger partial charge in [0.1, 0.15) is 17.7 Å². The van der Waals surface area contributed by atoms with Crippen molar-refractivity contribution < 1.29 is 4.74 Å². The van der Waals surface area contributed by atoms with Gasteiger partial charge in [-0.25, -0.2) is 4.98 Å². The van der Waals surface area contributed by atoms with Crippen LogP contribution in [0.1, 0.15) is 25.5 Å². The molecule has 1 saturated heterocycles. The van der Waals surface area contributed by atoms with E-state index in [-0.39, 0.29) is 6.10 Å². The van der Waals surface area contributed by atoms with E-state index >= 15 is 0 Å². The van der Waals surface area contributed by atoms with Gasteiger partial charge < -0.3 is 20.3 Å². The van der Waals surface area contributed by atoms with Crippen LogP contribution in [0.3, 0.4) is 0 Å². The van der Waals surface area contributed by atoms with Crippen molar-refractivity contribution in [1.82, 2.24) is 15.6 Å². The fourth-order valence-electron chi connectivity index (χ4n) is 3.38. The van der Waals surface area contributed by atoms with Gasteiger partial charge in [-0.3, -0.25) is 4.99 Å². The molecule has 7 heteroatoms. The Morgan fingerprint density at radius 1 is 1.24 bits per heavy atom. The molecule has 29 heavy (non-hydrogen) atoms. The van der Waals surface area contributed by atoms with Gasteiger partial charge in [0.2, 0.25) is 0 Å². The molecule has 2 aromatic rings. The van der Waals surface area contributed by atoms with Gasteiger partial charge >= 0.3 is 0 Å². The number of halogens is 1. The van der Waals surface area contributed by atoms with E-state index in [1.165, 1.54) is 0 Å². The number of piperidine rings is 1. The summed E-state index contributed by atoms with van der Waals surface area (Å²) < 4.78 is 5.91. The molecule has 1 atom stereocenters. The quantitative estimate of drug-likeness (QED) is 0.557. The Labute approximate surface area is 178 Å². The largest absolute Gasteiger partial charge is 0.487 e. The molecule has 1 aromatic heterocycles. The second-order valence-corrected chi connectivity index (χ2v) is 7.76. The Morgan fingerprint density at radius 2 is 2.00 bits per heavy atom. The van der Waals surface area contributed by atoms with Crippen molar-refractivity contribution in [2.45, 2.75) is 38.8 Å². The van der Waals surface area contributed by atoms with Crippen LogP contribution in [0.5, 0.6) is 5.75 Å². The van der Waals surface area contributed by atoms with Crippen LogP contribution in [0.15, 0.2) is 47.5 Å². The minimum Gasteiger partial charge on any atom is -0.487 e. The summed E-state index contributed by atoms with van der Waals surface area (Å²) in [5, 5.41) is 7.50. The standard InChI is InChI=1S/C22H30ClN5O/c1-16-7-6-10-21(26-16)28-13-11-18(12-14-28)27-22(24-3)25-15-17(2)29-20-9-5-4-8-19(20)23/h4-10,17-18H,11-15H2,1-3H3,(H2,24,25,27). The number of hydrogen-bond acceptors (Lipinski definition) is 4. The number of aliphatic imine (C=N–C) groups is 1. The first-order chi connectivity index (χ1) is 14.0. The monoisotopic (exact) mass is 415 g/mol. The lowest BCUT2D eigenvalue weighted by atomic mass is 10.1. The van der Waals surface area contributed by atoms with E-state index in [1.54, 1.807) is 7.05 Å². The fraction of sp³-hybridized carbons (Fsp3) is 0.455. The van der Waals surface area contributed by atoms with Gasteiger partial charge in [0.25, 0.3) is 0 Å². The van der Waals surface area contributed by atoms with Crippen molar-refractivity contribution in [3.05, 3.63) is 53.2 Å². The smallest absolute Gasteiger partial charge is 0.191 e. The highest BCUT2D eigenvalue weighted by Gasteiger charge is 2.21. The summed E-state index contributed by atoms with van der Waals surface area (Å²) in [7, 11) is 1.79. The predicted octanol–water partition coefficient (Wildman–Crippen LogP) is 3.64. The molecule has 156 valence electrons. The number of anilines is 1. The molecule has 3 rings (SSSR count). The highest BCUT2D eigenvalue weighted by molar-refractivity contribution is 6.32. The van der Waals surface area contributed by atoms with Gasteiger partial charge in [-0.05, 0) is 51.0 Å². The van der Waals surface area contributed by atoms with Gasteiger partial charge in [0.05, 0.1) is 11.6 Å². The van der Waals surface area contributed by atoms with Crippen molar-refractivity contribution in [3.63, 3.8) is 0 Å². The summed E-state index contributed by atoms with van der Waals surface area (Å²) >= 11 is 6.16. The molecule has 6 nitrogen and oxygen atoms in total.